The molecule has 0 radical (unpaired) electrons. The topological polar surface area (TPSA) is 84.7 Å². The third kappa shape index (κ3) is 6.21. The van der Waals surface area contributed by atoms with Crippen molar-refractivity contribution in [2.24, 2.45) is 5.73 Å². The van der Waals surface area contributed by atoms with E-state index in [-0.39, 0.29) is 24.5 Å². The highest BCUT2D eigenvalue weighted by atomic mass is 32.2. The summed E-state index contributed by atoms with van der Waals surface area (Å²) in [6, 6.07) is 15.5. The van der Waals surface area contributed by atoms with Gasteiger partial charge in [-0.05, 0) is 72.7 Å². The molecule has 0 saturated carbocycles. The molecule has 4 rings (SSSR count). The molecular weight excluding hydrogens is 442 g/mol. The molecular formula is C24H29N3O3S2. The molecule has 2 fully saturated rings. The highest BCUT2D eigenvalue weighted by Crippen LogP contribution is 2.43. The number of hydrogen-bond donors (Lipinski definition) is 2. The van der Waals surface area contributed by atoms with E-state index in [0.717, 1.165) is 24.9 Å². The Morgan fingerprint density at radius 1 is 1.09 bits per heavy atom. The monoisotopic (exact) mass is 471 g/mol. The molecule has 3 N–H and O–H groups in total. The molecule has 2 aromatic rings. The molecule has 1 atom stereocenters. The van der Waals surface area contributed by atoms with Gasteiger partial charge < -0.3 is 15.8 Å². The predicted molar refractivity (Wildman–Crippen MR) is 132 cm³/mol. The van der Waals surface area contributed by atoms with Crippen molar-refractivity contribution in [1.82, 2.24) is 4.90 Å². The Morgan fingerprint density at radius 3 is 2.62 bits per heavy atom. The van der Waals surface area contributed by atoms with Crippen LogP contribution in [0.3, 0.4) is 0 Å². The van der Waals surface area contributed by atoms with Crippen LogP contribution >= 0.6 is 23.5 Å². The average Bonchev–Trinajstić information content (AvgIpc) is 3.27. The zero-order valence-electron chi connectivity index (χ0n) is 18.0. The number of thioether (sulfide) groups is 2. The first-order valence-corrected chi connectivity index (χ1v) is 13.1. The molecule has 0 bridgehead atoms. The zero-order chi connectivity index (χ0) is 22.3. The normalized spacial score (nSPS) is 19.6. The van der Waals surface area contributed by atoms with Crippen molar-refractivity contribution in [3.8, 4) is 5.75 Å². The summed E-state index contributed by atoms with van der Waals surface area (Å²) in [6.45, 7) is 1.44. The number of nitrogens with one attached hydrogen (secondary N) is 1. The van der Waals surface area contributed by atoms with E-state index < -0.39 is 0 Å². The van der Waals surface area contributed by atoms with Gasteiger partial charge in [0.2, 0.25) is 5.91 Å². The van der Waals surface area contributed by atoms with E-state index >= 15 is 0 Å². The summed E-state index contributed by atoms with van der Waals surface area (Å²) in [5, 5.41) is 2.89. The second kappa shape index (κ2) is 11.1. The fourth-order valence-electron chi connectivity index (χ4n) is 4.07. The van der Waals surface area contributed by atoms with Gasteiger partial charge in [-0.2, -0.15) is 0 Å². The quantitative estimate of drug-likeness (QED) is 0.605. The lowest BCUT2D eigenvalue weighted by Gasteiger charge is -2.22. The second-order valence-electron chi connectivity index (χ2n) is 8.06. The smallest absolute Gasteiger partial charge is 0.262 e. The molecule has 2 amide bonds. The van der Waals surface area contributed by atoms with Gasteiger partial charge in [-0.15, -0.1) is 23.5 Å². The van der Waals surface area contributed by atoms with E-state index in [1.807, 2.05) is 59.9 Å². The van der Waals surface area contributed by atoms with Crippen molar-refractivity contribution < 1.29 is 14.3 Å². The van der Waals surface area contributed by atoms with Crippen LogP contribution in [-0.4, -0.2) is 47.4 Å². The number of hydrogen-bond acceptors (Lipinski definition) is 6. The Bertz CT molecular complexity index is 932. The van der Waals surface area contributed by atoms with Crippen molar-refractivity contribution in [3.05, 3.63) is 59.7 Å². The second-order valence-corrected chi connectivity index (χ2v) is 10.8. The highest BCUT2D eigenvalue weighted by molar-refractivity contribution is 8.16. The minimum Gasteiger partial charge on any atom is -0.484 e. The first-order valence-electron chi connectivity index (χ1n) is 11.0. The Morgan fingerprint density at radius 2 is 1.88 bits per heavy atom. The molecule has 2 heterocycles. The van der Waals surface area contributed by atoms with E-state index in [1.165, 1.54) is 23.5 Å². The summed E-state index contributed by atoms with van der Waals surface area (Å²) in [6.07, 6.45) is 3.06. The fraction of sp³-hybridized carbons (Fsp3) is 0.417. The van der Waals surface area contributed by atoms with Crippen LogP contribution in [-0.2, 0) is 16.1 Å². The summed E-state index contributed by atoms with van der Waals surface area (Å²) in [5.74, 6) is 2.63. The molecule has 0 aliphatic carbocycles. The standard InChI is InChI=1S/C24H29N3O3S2/c25-23(29)21-6-2-11-27(21)15-17-4-1-5-19(14-17)26-22(28)16-30-20-9-7-18(8-10-20)24-31-12-3-13-32-24/h1,4-5,7-10,14,21,24H,2-3,6,11-13,15-16H2,(H2,25,29)(H,26,28). The molecule has 6 nitrogen and oxygen atoms in total. The van der Waals surface area contributed by atoms with Crippen LogP contribution in [0.2, 0.25) is 0 Å². The van der Waals surface area contributed by atoms with Crippen LogP contribution in [0.1, 0.15) is 35.0 Å². The molecule has 0 spiro atoms. The number of anilines is 1. The van der Waals surface area contributed by atoms with Gasteiger partial charge >= 0.3 is 0 Å². The highest BCUT2D eigenvalue weighted by Gasteiger charge is 2.28. The third-order valence-corrected chi connectivity index (χ3v) is 8.65. The first kappa shape index (κ1) is 23.0. The number of carbonyl (C=O) groups is 2. The maximum Gasteiger partial charge on any atom is 0.262 e. The average molecular weight is 472 g/mol. The van der Waals surface area contributed by atoms with Crippen LogP contribution in [0.4, 0.5) is 5.69 Å². The molecule has 0 aromatic heterocycles. The van der Waals surface area contributed by atoms with Gasteiger partial charge in [0, 0.05) is 12.2 Å². The number of amides is 2. The van der Waals surface area contributed by atoms with Gasteiger partial charge in [0.05, 0.1) is 10.6 Å². The Labute approximate surface area is 197 Å². The fourth-order valence-corrected chi connectivity index (χ4v) is 6.96. The SMILES string of the molecule is NC(=O)C1CCCN1Cc1cccc(NC(=O)COc2ccc(C3SCCCS3)cc2)c1. The summed E-state index contributed by atoms with van der Waals surface area (Å²) in [4.78, 5) is 26.1. The van der Waals surface area contributed by atoms with Gasteiger partial charge in [0.25, 0.3) is 5.91 Å². The van der Waals surface area contributed by atoms with Crippen LogP contribution < -0.4 is 15.8 Å². The van der Waals surface area contributed by atoms with Gasteiger partial charge in [0.15, 0.2) is 6.61 Å². The van der Waals surface area contributed by atoms with Crippen molar-refractivity contribution >= 4 is 41.0 Å². The number of benzene rings is 2. The number of primary amides is 1. The Kier molecular flexibility index (Phi) is 8.00. The molecule has 2 aromatic carbocycles. The third-order valence-electron chi connectivity index (χ3n) is 5.64. The lowest BCUT2D eigenvalue weighted by Crippen LogP contribution is -2.39. The van der Waals surface area contributed by atoms with Crippen molar-refractivity contribution in [2.45, 2.75) is 36.4 Å². The number of ether oxygens (including phenoxy) is 1. The van der Waals surface area contributed by atoms with E-state index in [4.69, 9.17) is 10.5 Å². The molecule has 32 heavy (non-hydrogen) atoms. The molecule has 2 saturated heterocycles. The number of rotatable bonds is 8. The van der Waals surface area contributed by atoms with Crippen LogP contribution in [0.5, 0.6) is 5.75 Å². The van der Waals surface area contributed by atoms with E-state index in [0.29, 0.717) is 22.6 Å². The van der Waals surface area contributed by atoms with Gasteiger partial charge in [-0.25, -0.2) is 0 Å². The van der Waals surface area contributed by atoms with E-state index in [1.54, 1.807) is 0 Å². The minimum atomic E-state index is -0.270. The van der Waals surface area contributed by atoms with Gasteiger partial charge in [0.1, 0.15) is 5.75 Å². The van der Waals surface area contributed by atoms with Crippen molar-refractivity contribution in [3.63, 3.8) is 0 Å². The summed E-state index contributed by atoms with van der Waals surface area (Å²) < 4.78 is 6.17. The molecule has 170 valence electrons. The number of nitrogens with two attached hydrogens (primary N) is 1. The minimum absolute atomic E-state index is 0.0492. The van der Waals surface area contributed by atoms with E-state index in [2.05, 4.69) is 22.3 Å². The molecule has 1 unspecified atom stereocenters. The number of nitrogens with zero attached hydrogens (tertiary/aromatic N) is 1. The van der Waals surface area contributed by atoms with Gasteiger partial charge in [-0.1, -0.05) is 24.3 Å². The summed E-state index contributed by atoms with van der Waals surface area (Å²) >= 11 is 3.97. The number of likely N-dealkylation sites (tertiary alicyclic amines) is 1. The summed E-state index contributed by atoms with van der Waals surface area (Å²) in [7, 11) is 0. The lowest BCUT2D eigenvalue weighted by atomic mass is 10.1. The van der Waals surface area contributed by atoms with Gasteiger partial charge in [-0.3, -0.25) is 14.5 Å². The molecule has 2 aliphatic heterocycles. The maximum atomic E-state index is 12.4. The number of carbonyl (C=O) groups excluding carboxylic acids is 2. The Hall–Kier alpha value is -2.16. The van der Waals surface area contributed by atoms with Crippen molar-refractivity contribution in [1.29, 1.82) is 0 Å². The largest absolute Gasteiger partial charge is 0.484 e. The Balaban J connectivity index is 1.27. The predicted octanol–water partition coefficient (Wildman–Crippen LogP) is 4.02. The van der Waals surface area contributed by atoms with Crippen molar-refractivity contribution in [2.75, 3.05) is 30.0 Å². The van der Waals surface area contributed by atoms with Crippen LogP contribution in [0.15, 0.2) is 48.5 Å². The molecule has 8 heteroatoms. The first-order chi connectivity index (χ1) is 15.6. The van der Waals surface area contributed by atoms with Crippen LogP contribution in [0, 0.1) is 0 Å². The zero-order valence-corrected chi connectivity index (χ0v) is 19.6. The lowest BCUT2D eigenvalue weighted by molar-refractivity contribution is -0.122. The maximum absolute atomic E-state index is 12.4. The molecule has 2 aliphatic rings. The summed E-state index contributed by atoms with van der Waals surface area (Å²) in [5.41, 5.74) is 8.56. The van der Waals surface area contributed by atoms with Crippen LogP contribution in [0.25, 0.3) is 0 Å². The van der Waals surface area contributed by atoms with E-state index in [9.17, 15) is 9.59 Å².